The summed E-state index contributed by atoms with van der Waals surface area (Å²) in [5.74, 6) is 1.38. The Kier molecular flexibility index (Phi) is 5.84. The Morgan fingerprint density at radius 1 is 1.35 bits per heavy atom. The molecule has 0 bridgehead atoms. The van der Waals surface area contributed by atoms with Crippen LogP contribution in [0, 0.1) is 5.92 Å². The molecule has 1 saturated heterocycles. The lowest BCUT2D eigenvalue weighted by atomic mass is 10.00. The number of likely N-dealkylation sites (tertiary alicyclic amines) is 1. The first-order valence-corrected chi connectivity index (χ1v) is 7.85. The van der Waals surface area contributed by atoms with Gasteiger partial charge in [-0.3, -0.25) is 0 Å². The van der Waals surface area contributed by atoms with Crippen molar-refractivity contribution < 1.29 is 14.3 Å². The van der Waals surface area contributed by atoms with Crippen LogP contribution in [0.4, 0.5) is 0 Å². The molecule has 1 aromatic carbocycles. The van der Waals surface area contributed by atoms with Crippen molar-refractivity contribution in [2.45, 2.75) is 26.3 Å². The molecule has 1 fully saturated rings. The second-order valence-corrected chi connectivity index (χ2v) is 5.87. The third kappa shape index (κ3) is 4.37. The van der Waals surface area contributed by atoms with Crippen LogP contribution in [0.25, 0.3) is 0 Å². The predicted molar refractivity (Wildman–Crippen MR) is 89.6 cm³/mol. The number of carbonyl (C=O) groups is 1. The standard InChI is InChI=1S/C17H25N3O3/c1-12-6-8-20(9-7-12)17(18)19-11-13-4-5-15(22-2)14(10-13)16(21)23-3/h4-5,10,12H,6-9,11H2,1-3H3,(H2,18,19). The molecule has 1 aliphatic rings. The number of aliphatic imine (C=N–C) groups is 1. The summed E-state index contributed by atoms with van der Waals surface area (Å²) >= 11 is 0. The summed E-state index contributed by atoms with van der Waals surface area (Å²) in [4.78, 5) is 18.4. The highest BCUT2D eigenvalue weighted by Crippen LogP contribution is 2.21. The minimum atomic E-state index is -0.425. The molecule has 0 aromatic heterocycles. The summed E-state index contributed by atoms with van der Waals surface area (Å²) < 4.78 is 9.96. The van der Waals surface area contributed by atoms with E-state index in [1.54, 1.807) is 12.1 Å². The zero-order chi connectivity index (χ0) is 16.8. The van der Waals surface area contributed by atoms with Gasteiger partial charge in [0.1, 0.15) is 11.3 Å². The highest BCUT2D eigenvalue weighted by atomic mass is 16.5. The van der Waals surface area contributed by atoms with Crippen molar-refractivity contribution in [2.24, 2.45) is 16.6 Å². The number of nitrogens with two attached hydrogens (primary N) is 1. The molecule has 0 aliphatic carbocycles. The van der Waals surface area contributed by atoms with E-state index in [0.29, 0.717) is 23.8 Å². The highest BCUT2D eigenvalue weighted by molar-refractivity contribution is 5.92. The Morgan fingerprint density at radius 3 is 2.65 bits per heavy atom. The van der Waals surface area contributed by atoms with E-state index in [1.165, 1.54) is 14.2 Å². The molecule has 2 rings (SSSR count). The topological polar surface area (TPSA) is 77.1 Å². The van der Waals surface area contributed by atoms with Crippen LogP contribution < -0.4 is 10.5 Å². The van der Waals surface area contributed by atoms with Crippen molar-refractivity contribution in [3.63, 3.8) is 0 Å². The second kappa shape index (κ2) is 7.85. The Labute approximate surface area is 137 Å². The Bertz CT molecular complexity index is 578. The van der Waals surface area contributed by atoms with Gasteiger partial charge in [-0.05, 0) is 36.5 Å². The van der Waals surface area contributed by atoms with Crippen molar-refractivity contribution in [2.75, 3.05) is 27.3 Å². The number of esters is 1. The number of carbonyl (C=O) groups excluding carboxylic acids is 1. The van der Waals surface area contributed by atoms with Crippen molar-refractivity contribution in [1.29, 1.82) is 0 Å². The quantitative estimate of drug-likeness (QED) is 0.522. The monoisotopic (exact) mass is 319 g/mol. The summed E-state index contributed by atoms with van der Waals surface area (Å²) in [5.41, 5.74) is 7.37. The van der Waals surface area contributed by atoms with Crippen LogP contribution in [-0.2, 0) is 11.3 Å². The predicted octanol–water partition coefficient (Wildman–Crippen LogP) is 2.03. The third-order valence-electron chi connectivity index (χ3n) is 4.20. The van der Waals surface area contributed by atoms with Crippen molar-refractivity contribution in [1.82, 2.24) is 4.90 Å². The highest BCUT2D eigenvalue weighted by Gasteiger charge is 2.17. The second-order valence-electron chi connectivity index (χ2n) is 5.87. The van der Waals surface area contributed by atoms with Crippen LogP contribution in [0.15, 0.2) is 23.2 Å². The lowest BCUT2D eigenvalue weighted by molar-refractivity contribution is 0.0597. The normalized spacial score (nSPS) is 16.3. The molecule has 2 N–H and O–H groups in total. The molecule has 0 amide bonds. The van der Waals surface area contributed by atoms with E-state index in [-0.39, 0.29) is 0 Å². The number of ether oxygens (including phenoxy) is 2. The van der Waals surface area contributed by atoms with E-state index in [4.69, 9.17) is 15.2 Å². The number of hydrogen-bond donors (Lipinski definition) is 1. The average Bonchev–Trinajstić information content (AvgIpc) is 2.59. The van der Waals surface area contributed by atoms with Crippen molar-refractivity contribution >= 4 is 11.9 Å². The number of rotatable bonds is 4. The molecule has 1 aromatic rings. The fourth-order valence-corrected chi connectivity index (χ4v) is 2.63. The molecule has 0 unspecified atom stereocenters. The summed E-state index contributed by atoms with van der Waals surface area (Å²) in [6.07, 6.45) is 2.29. The van der Waals surface area contributed by atoms with Crippen LogP contribution in [0.5, 0.6) is 5.75 Å². The van der Waals surface area contributed by atoms with Gasteiger partial charge in [-0.15, -0.1) is 0 Å². The number of benzene rings is 1. The molecule has 0 atom stereocenters. The van der Waals surface area contributed by atoms with E-state index in [2.05, 4.69) is 16.8 Å². The van der Waals surface area contributed by atoms with Crippen LogP contribution in [0.1, 0.15) is 35.7 Å². The zero-order valence-corrected chi connectivity index (χ0v) is 14.0. The van der Waals surface area contributed by atoms with Gasteiger partial charge in [0, 0.05) is 13.1 Å². The lowest BCUT2D eigenvalue weighted by Crippen LogP contribution is -2.42. The molecule has 1 aliphatic heterocycles. The zero-order valence-electron chi connectivity index (χ0n) is 14.0. The molecular weight excluding hydrogens is 294 g/mol. The number of nitrogens with zero attached hydrogens (tertiary/aromatic N) is 2. The Hall–Kier alpha value is -2.24. The van der Waals surface area contributed by atoms with Gasteiger partial charge in [-0.1, -0.05) is 13.0 Å². The van der Waals surface area contributed by atoms with Gasteiger partial charge in [0.2, 0.25) is 0 Å². The minimum Gasteiger partial charge on any atom is -0.496 e. The average molecular weight is 319 g/mol. The molecule has 6 nitrogen and oxygen atoms in total. The van der Waals surface area contributed by atoms with E-state index in [9.17, 15) is 4.79 Å². The number of methoxy groups -OCH3 is 2. The van der Waals surface area contributed by atoms with Crippen molar-refractivity contribution in [3.8, 4) is 5.75 Å². The number of hydrogen-bond acceptors (Lipinski definition) is 4. The molecule has 0 saturated carbocycles. The number of piperidine rings is 1. The maximum Gasteiger partial charge on any atom is 0.341 e. The van der Waals surface area contributed by atoms with Gasteiger partial charge >= 0.3 is 5.97 Å². The summed E-state index contributed by atoms with van der Waals surface area (Å²) in [6, 6.07) is 5.36. The van der Waals surface area contributed by atoms with E-state index < -0.39 is 5.97 Å². The first-order chi connectivity index (χ1) is 11.0. The van der Waals surface area contributed by atoms with Gasteiger partial charge in [0.25, 0.3) is 0 Å². The van der Waals surface area contributed by atoms with Crippen LogP contribution in [0.2, 0.25) is 0 Å². The van der Waals surface area contributed by atoms with Crippen LogP contribution >= 0.6 is 0 Å². The SMILES string of the molecule is COC(=O)c1cc(CN=C(N)N2CCC(C)CC2)ccc1OC. The lowest BCUT2D eigenvalue weighted by Gasteiger charge is -2.31. The third-order valence-corrected chi connectivity index (χ3v) is 4.20. The molecule has 1 heterocycles. The summed E-state index contributed by atoms with van der Waals surface area (Å²) in [5, 5.41) is 0. The fourth-order valence-electron chi connectivity index (χ4n) is 2.63. The molecule has 0 radical (unpaired) electrons. The Morgan fingerprint density at radius 2 is 2.04 bits per heavy atom. The molecular formula is C17H25N3O3. The molecule has 6 heteroatoms. The van der Waals surface area contributed by atoms with Gasteiger partial charge in [-0.2, -0.15) is 0 Å². The van der Waals surface area contributed by atoms with Crippen LogP contribution in [-0.4, -0.2) is 44.1 Å². The summed E-state index contributed by atoms with van der Waals surface area (Å²) in [6.45, 7) is 4.58. The van der Waals surface area contributed by atoms with E-state index >= 15 is 0 Å². The smallest absolute Gasteiger partial charge is 0.341 e. The fraction of sp³-hybridized carbons (Fsp3) is 0.529. The minimum absolute atomic E-state index is 0.396. The van der Waals surface area contributed by atoms with E-state index in [0.717, 1.165) is 37.4 Å². The summed E-state index contributed by atoms with van der Waals surface area (Å²) in [7, 11) is 2.87. The largest absolute Gasteiger partial charge is 0.496 e. The first kappa shape index (κ1) is 17.1. The van der Waals surface area contributed by atoms with Gasteiger partial charge < -0.3 is 20.1 Å². The maximum atomic E-state index is 11.8. The van der Waals surface area contributed by atoms with Crippen molar-refractivity contribution in [3.05, 3.63) is 29.3 Å². The van der Waals surface area contributed by atoms with Crippen LogP contribution in [0.3, 0.4) is 0 Å². The van der Waals surface area contributed by atoms with Gasteiger partial charge in [0.05, 0.1) is 20.8 Å². The maximum absolute atomic E-state index is 11.8. The number of guanidine groups is 1. The molecule has 0 spiro atoms. The molecule has 23 heavy (non-hydrogen) atoms. The van der Waals surface area contributed by atoms with Gasteiger partial charge in [0.15, 0.2) is 5.96 Å². The molecule has 126 valence electrons. The van der Waals surface area contributed by atoms with E-state index in [1.807, 2.05) is 6.07 Å². The first-order valence-electron chi connectivity index (χ1n) is 7.85. The Balaban J connectivity index is 2.07. The van der Waals surface area contributed by atoms with Gasteiger partial charge in [-0.25, -0.2) is 9.79 Å².